The monoisotopic (exact) mass is 250 g/mol. The molecule has 0 atom stereocenters. The molecule has 0 radical (unpaired) electrons. The van der Waals surface area contributed by atoms with Crippen LogP contribution in [-0.2, 0) is 13.1 Å². The second-order valence-corrected chi connectivity index (χ2v) is 5.66. The van der Waals surface area contributed by atoms with Crippen molar-refractivity contribution in [1.29, 1.82) is 0 Å². The molecule has 0 amide bonds. The maximum Gasteiger partial charge on any atom is 0.0948 e. The van der Waals surface area contributed by atoms with Crippen LogP contribution in [0.5, 0.6) is 0 Å². The molecule has 0 bridgehead atoms. The zero-order valence-electron chi connectivity index (χ0n) is 11.9. The summed E-state index contributed by atoms with van der Waals surface area (Å²) in [4.78, 5) is 6.65. The summed E-state index contributed by atoms with van der Waals surface area (Å²) < 4.78 is 2.28. The number of nitrogens with zero attached hydrogens (tertiary/aromatic N) is 3. The molecule has 1 aliphatic carbocycles. The summed E-state index contributed by atoms with van der Waals surface area (Å²) in [5.74, 6) is 0. The van der Waals surface area contributed by atoms with Crippen LogP contribution in [0.25, 0.3) is 0 Å². The Hall–Kier alpha value is -0.870. The normalized spacial score (nSPS) is 15.8. The van der Waals surface area contributed by atoms with E-state index in [2.05, 4.69) is 40.7 Å². The minimum Gasteiger partial charge on any atom is -0.333 e. The molecule has 1 aliphatic rings. The molecule has 1 N–H and O–H groups in total. The van der Waals surface area contributed by atoms with Crippen molar-refractivity contribution >= 4 is 0 Å². The van der Waals surface area contributed by atoms with Crippen LogP contribution in [0.2, 0.25) is 0 Å². The number of hydrogen-bond acceptors (Lipinski definition) is 3. The van der Waals surface area contributed by atoms with Crippen molar-refractivity contribution in [2.24, 2.45) is 0 Å². The quantitative estimate of drug-likeness (QED) is 0.764. The summed E-state index contributed by atoms with van der Waals surface area (Å²) >= 11 is 0. The van der Waals surface area contributed by atoms with Gasteiger partial charge in [0.25, 0.3) is 0 Å². The Morgan fingerprint density at radius 2 is 2.28 bits per heavy atom. The van der Waals surface area contributed by atoms with Gasteiger partial charge in [0.05, 0.1) is 12.0 Å². The number of hydrogen-bond donors (Lipinski definition) is 1. The summed E-state index contributed by atoms with van der Waals surface area (Å²) in [5.41, 5.74) is 1.31. The third-order valence-corrected chi connectivity index (χ3v) is 3.74. The van der Waals surface area contributed by atoms with Crippen LogP contribution in [0, 0.1) is 0 Å². The topological polar surface area (TPSA) is 33.1 Å². The predicted octanol–water partition coefficient (Wildman–Crippen LogP) is 1.87. The lowest BCUT2D eigenvalue weighted by atomic mass is 10.3. The van der Waals surface area contributed by atoms with Crippen molar-refractivity contribution in [3.8, 4) is 0 Å². The first kappa shape index (κ1) is 13.6. The van der Waals surface area contributed by atoms with E-state index in [9.17, 15) is 0 Å². The third-order valence-electron chi connectivity index (χ3n) is 3.74. The molecule has 1 fully saturated rings. The average molecular weight is 250 g/mol. The van der Waals surface area contributed by atoms with Crippen LogP contribution in [0.1, 0.15) is 38.8 Å². The molecule has 1 aromatic heterocycles. The summed E-state index contributed by atoms with van der Waals surface area (Å²) in [6.45, 7) is 7.65. The standard InChI is InChI=1S/C14H26N4/c1-12(2)17(3)7-4-8-18-11-15-9-14(18)10-16-13-5-6-13/h9,11-13,16H,4-8,10H2,1-3H3. The number of rotatable bonds is 8. The van der Waals surface area contributed by atoms with E-state index < -0.39 is 0 Å². The van der Waals surface area contributed by atoms with E-state index in [4.69, 9.17) is 0 Å². The van der Waals surface area contributed by atoms with Gasteiger partial charge in [-0.05, 0) is 46.7 Å². The van der Waals surface area contributed by atoms with Crippen molar-refractivity contribution < 1.29 is 0 Å². The van der Waals surface area contributed by atoms with Gasteiger partial charge in [0.15, 0.2) is 0 Å². The smallest absolute Gasteiger partial charge is 0.0948 e. The lowest BCUT2D eigenvalue weighted by Crippen LogP contribution is -2.28. The zero-order valence-corrected chi connectivity index (χ0v) is 11.9. The lowest BCUT2D eigenvalue weighted by molar-refractivity contribution is 0.265. The van der Waals surface area contributed by atoms with Crippen LogP contribution >= 0.6 is 0 Å². The molecule has 1 saturated carbocycles. The van der Waals surface area contributed by atoms with E-state index in [1.54, 1.807) is 0 Å². The van der Waals surface area contributed by atoms with Crippen LogP contribution in [-0.4, -0.2) is 40.1 Å². The van der Waals surface area contributed by atoms with Gasteiger partial charge in [0, 0.05) is 31.4 Å². The fourth-order valence-electron chi connectivity index (χ4n) is 1.98. The van der Waals surface area contributed by atoms with Crippen molar-refractivity contribution in [3.05, 3.63) is 18.2 Å². The number of imidazole rings is 1. The highest BCUT2D eigenvalue weighted by Gasteiger charge is 2.20. The van der Waals surface area contributed by atoms with E-state index in [0.29, 0.717) is 6.04 Å². The highest BCUT2D eigenvalue weighted by atomic mass is 15.1. The highest BCUT2D eigenvalue weighted by Crippen LogP contribution is 2.19. The highest BCUT2D eigenvalue weighted by molar-refractivity contribution is 4.99. The lowest BCUT2D eigenvalue weighted by Gasteiger charge is -2.21. The summed E-state index contributed by atoms with van der Waals surface area (Å²) in [6, 6.07) is 1.39. The van der Waals surface area contributed by atoms with Gasteiger partial charge in [0.2, 0.25) is 0 Å². The molecule has 1 heterocycles. The first-order chi connectivity index (χ1) is 8.66. The van der Waals surface area contributed by atoms with Crippen molar-refractivity contribution in [3.63, 3.8) is 0 Å². The Morgan fingerprint density at radius 3 is 2.94 bits per heavy atom. The molecule has 18 heavy (non-hydrogen) atoms. The van der Waals surface area contributed by atoms with Crippen LogP contribution in [0.3, 0.4) is 0 Å². The second-order valence-electron chi connectivity index (χ2n) is 5.66. The molecule has 2 rings (SSSR count). The van der Waals surface area contributed by atoms with Gasteiger partial charge in [-0.2, -0.15) is 0 Å². The van der Waals surface area contributed by atoms with Crippen molar-refractivity contribution in [1.82, 2.24) is 19.8 Å². The predicted molar refractivity (Wildman–Crippen MR) is 74.5 cm³/mol. The molecule has 4 nitrogen and oxygen atoms in total. The van der Waals surface area contributed by atoms with E-state index in [-0.39, 0.29) is 0 Å². The van der Waals surface area contributed by atoms with Gasteiger partial charge in [0.1, 0.15) is 0 Å². The van der Waals surface area contributed by atoms with Gasteiger partial charge in [-0.15, -0.1) is 0 Å². The maximum atomic E-state index is 4.26. The molecule has 0 unspecified atom stereocenters. The average Bonchev–Trinajstić information content (AvgIpc) is 3.06. The van der Waals surface area contributed by atoms with Gasteiger partial charge in [-0.1, -0.05) is 0 Å². The molecule has 4 heteroatoms. The van der Waals surface area contributed by atoms with Crippen LogP contribution < -0.4 is 5.32 Å². The Labute approximate surface area is 110 Å². The Balaban J connectivity index is 1.72. The van der Waals surface area contributed by atoms with Crippen LogP contribution in [0.4, 0.5) is 0 Å². The summed E-state index contributed by atoms with van der Waals surface area (Å²) in [6.07, 6.45) is 7.81. The SMILES string of the molecule is CC(C)N(C)CCCn1cncc1CNC1CC1. The second kappa shape index (κ2) is 6.34. The minimum absolute atomic E-state index is 0.629. The Morgan fingerprint density at radius 1 is 1.50 bits per heavy atom. The van der Waals surface area contributed by atoms with E-state index in [1.165, 1.54) is 25.0 Å². The van der Waals surface area contributed by atoms with E-state index >= 15 is 0 Å². The molecule has 0 spiro atoms. The zero-order chi connectivity index (χ0) is 13.0. The number of aromatic nitrogens is 2. The number of aryl methyl sites for hydroxylation is 1. The third kappa shape index (κ3) is 4.10. The van der Waals surface area contributed by atoms with Gasteiger partial charge >= 0.3 is 0 Å². The summed E-state index contributed by atoms with van der Waals surface area (Å²) in [7, 11) is 2.19. The maximum absolute atomic E-state index is 4.26. The fraction of sp³-hybridized carbons (Fsp3) is 0.786. The van der Waals surface area contributed by atoms with E-state index in [0.717, 1.165) is 25.7 Å². The molecule has 102 valence electrons. The molecular formula is C14H26N4. The molecular weight excluding hydrogens is 224 g/mol. The molecule has 1 aromatic rings. The number of nitrogens with one attached hydrogen (secondary N) is 1. The molecule has 0 saturated heterocycles. The first-order valence-corrected chi connectivity index (χ1v) is 7.09. The fourth-order valence-corrected chi connectivity index (χ4v) is 1.98. The molecule has 0 aromatic carbocycles. The van der Waals surface area contributed by atoms with Gasteiger partial charge in [-0.25, -0.2) is 4.98 Å². The Bertz CT molecular complexity index is 354. The van der Waals surface area contributed by atoms with Crippen molar-refractivity contribution in [2.45, 2.75) is 58.3 Å². The van der Waals surface area contributed by atoms with E-state index in [1.807, 2.05) is 12.5 Å². The molecule has 0 aliphatic heterocycles. The van der Waals surface area contributed by atoms with Crippen LogP contribution in [0.15, 0.2) is 12.5 Å². The van der Waals surface area contributed by atoms with Crippen molar-refractivity contribution in [2.75, 3.05) is 13.6 Å². The summed E-state index contributed by atoms with van der Waals surface area (Å²) in [5, 5.41) is 3.55. The first-order valence-electron chi connectivity index (χ1n) is 7.09. The van der Waals surface area contributed by atoms with Gasteiger partial charge in [-0.3, -0.25) is 0 Å². The largest absolute Gasteiger partial charge is 0.333 e. The van der Waals surface area contributed by atoms with Gasteiger partial charge < -0.3 is 14.8 Å². The Kier molecular flexibility index (Phi) is 4.78. The minimum atomic E-state index is 0.629.